The summed E-state index contributed by atoms with van der Waals surface area (Å²) in [5.74, 6) is 0.434. The van der Waals surface area contributed by atoms with E-state index in [1.807, 2.05) is 25.7 Å². The average molecular weight is 280 g/mol. The Morgan fingerprint density at radius 1 is 1.40 bits per heavy atom. The standard InChI is InChI=1S/C16H28N2O2/c1-5-6-9-13(14(19)17-16(2,3)4)18-12-10-7-8-11(12)15(18)20/h11-13H,5-10H2,1-4H3,(H,17,19)/t11-,12+,13?/m1/s1. The van der Waals surface area contributed by atoms with E-state index in [9.17, 15) is 9.59 Å². The van der Waals surface area contributed by atoms with E-state index in [1.165, 1.54) is 0 Å². The number of unbranched alkanes of at least 4 members (excludes halogenated alkanes) is 1. The Morgan fingerprint density at radius 2 is 2.10 bits per heavy atom. The molecular formula is C16H28N2O2. The van der Waals surface area contributed by atoms with Crippen molar-refractivity contribution in [3.8, 4) is 0 Å². The van der Waals surface area contributed by atoms with Gasteiger partial charge < -0.3 is 10.2 Å². The second-order valence-corrected chi connectivity index (χ2v) is 7.25. The monoisotopic (exact) mass is 280 g/mol. The summed E-state index contributed by atoms with van der Waals surface area (Å²) >= 11 is 0. The molecule has 20 heavy (non-hydrogen) atoms. The SMILES string of the molecule is CCCCC(C(=O)NC(C)(C)C)N1C(=O)[C@@H]2CCC[C@@H]21. The quantitative estimate of drug-likeness (QED) is 0.787. The summed E-state index contributed by atoms with van der Waals surface area (Å²) in [6.07, 6.45) is 6.04. The molecule has 2 rings (SSSR count). The molecule has 0 bridgehead atoms. The minimum Gasteiger partial charge on any atom is -0.350 e. The molecule has 1 unspecified atom stereocenters. The lowest BCUT2D eigenvalue weighted by molar-refractivity contribution is -0.163. The number of β-lactam (4-membered cyclic amide) rings is 1. The van der Waals surface area contributed by atoms with E-state index in [1.54, 1.807) is 0 Å². The Morgan fingerprint density at radius 3 is 2.70 bits per heavy atom. The zero-order valence-electron chi connectivity index (χ0n) is 13.2. The van der Waals surface area contributed by atoms with Crippen LogP contribution in [0.15, 0.2) is 0 Å². The molecule has 114 valence electrons. The van der Waals surface area contributed by atoms with Crippen LogP contribution in [0.25, 0.3) is 0 Å². The number of hydrogen-bond acceptors (Lipinski definition) is 2. The van der Waals surface area contributed by atoms with Gasteiger partial charge >= 0.3 is 0 Å². The van der Waals surface area contributed by atoms with Gasteiger partial charge in [-0.3, -0.25) is 9.59 Å². The number of amides is 2. The number of nitrogens with zero attached hydrogens (tertiary/aromatic N) is 1. The van der Waals surface area contributed by atoms with Gasteiger partial charge in [0.25, 0.3) is 0 Å². The number of rotatable bonds is 5. The lowest BCUT2D eigenvalue weighted by Gasteiger charge is -2.48. The van der Waals surface area contributed by atoms with Crippen LogP contribution < -0.4 is 5.32 Å². The average Bonchev–Trinajstić information content (AvgIpc) is 2.76. The summed E-state index contributed by atoms with van der Waals surface area (Å²) in [4.78, 5) is 26.7. The summed E-state index contributed by atoms with van der Waals surface area (Å²) in [5, 5.41) is 3.04. The highest BCUT2D eigenvalue weighted by Gasteiger charge is 2.53. The number of hydrogen-bond donors (Lipinski definition) is 1. The minimum absolute atomic E-state index is 0.0182. The van der Waals surface area contributed by atoms with E-state index in [2.05, 4.69) is 12.2 Å². The number of carbonyl (C=O) groups excluding carboxylic acids is 2. The highest BCUT2D eigenvalue weighted by molar-refractivity contribution is 5.93. The maximum absolute atomic E-state index is 12.5. The molecular weight excluding hydrogens is 252 g/mol. The van der Waals surface area contributed by atoms with E-state index in [0.29, 0.717) is 6.04 Å². The van der Waals surface area contributed by atoms with Gasteiger partial charge in [-0.2, -0.15) is 0 Å². The fourth-order valence-electron chi connectivity index (χ4n) is 3.47. The molecule has 2 aliphatic rings. The first-order valence-corrected chi connectivity index (χ1v) is 7.99. The van der Waals surface area contributed by atoms with Crippen molar-refractivity contribution in [3.63, 3.8) is 0 Å². The van der Waals surface area contributed by atoms with E-state index in [-0.39, 0.29) is 29.3 Å². The first kappa shape index (κ1) is 15.3. The van der Waals surface area contributed by atoms with Gasteiger partial charge in [0.1, 0.15) is 6.04 Å². The van der Waals surface area contributed by atoms with Gasteiger partial charge in [-0.05, 0) is 40.0 Å². The van der Waals surface area contributed by atoms with Gasteiger partial charge in [-0.25, -0.2) is 0 Å². The molecule has 0 aromatic rings. The molecule has 4 nitrogen and oxygen atoms in total. The van der Waals surface area contributed by atoms with E-state index in [0.717, 1.165) is 38.5 Å². The van der Waals surface area contributed by atoms with Crippen molar-refractivity contribution in [1.29, 1.82) is 0 Å². The summed E-state index contributed by atoms with van der Waals surface area (Å²) in [6.45, 7) is 8.07. The minimum atomic E-state index is -0.263. The Hall–Kier alpha value is -1.06. The highest BCUT2D eigenvalue weighted by atomic mass is 16.2. The Labute approximate surface area is 122 Å². The third-order valence-corrected chi connectivity index (χ3v) is 4.38. The molecule has 4 heteroatoms. The Bertz CT molecular complexity index is 386. The predicted molar refractivity (Wildman–Crippen MR) is 79.2 cm³/mol. The Balaban J connectivity index is 2.07. The molecule has 1 aliphatic heterocycles. The van der Waals surface area contributed by atoms with Crippen molar-refractivity contribution in [1.82, 2.24) is 10.2 Å². The van der Waals surface area contributed by atoms with E-state index >= 15 is 0 Å². The van der Waals surface area contributed by atoms with Crippen molar-refractivity contribution in [2.24, 2.45) is 5.92 Å². The summed E-state index contributed by atoms with van der Waals surface area (Å²) in [7, 11) is 0. The number of carbonyl (C=O) groups is 2. The van der Waals surface area contributed by atoms with E-state index in [4.69, 9.17) is 0 Å². The van der Waals surface area contributed by atoms with Gasteiger partial charge in [0.05, 0.1) is 5.92 Å². The molecule has 0 radical (unpaired) electrons. The largest absolute Gasteiger partial charge is 0.350 e. The molecule has 2 fully saturated rings. The number of likely N-dealkylation sites (tertiary alicyclic amines) is 1. The van der Waals surface area contributed by atoms with Gasteiger partial charge in [-0.1, -0.05) is 26.2 Å². The third kappa shape index (κ3) is 2.99. The third-order valence-electron chi connectivity index (χ3n) is 4.38. The van der Waals surface area contributed by atoms with Crippen molar-refractivity contribution in [2.45, 2.75) is 83.8 Å². The molecule has 2 amide bonds. The maximum Gasteiger partial charge on any atom is 0.243 e. The van der Waals surface area contributed by atoms with Crippen molar-refractivity contribution in [2.75, 3.05) is 0 Å². The summed E-state index contributed by atoms with van der Waals surface area (Å²) in [5.41, 5.74) is -0.245. The van der Waals surface area contributed by atoms with Crippen LogP contribution in [0.5, 0.6) is 0 Å². The molecule has 1 saturated heterocycles. The molecule has 1 saturated carbocycles. The smallest absolute Gasteiger partial charge is 0.243 e. The Kier molecular flexibility index (Phi) is 4.40. The zero-order chi connectivity index (χ0) is 14.9. The van der Waals surface area contributed by atoms with Gasteiger partial charge in [0, 0.05) is 11.6 Å². The second-order valence-electron chi connectivity index (χ2n) is 7.25. The van der Waals surface area contributed by atoms with Crippen LogP contribution in [0.1, 0.15) is 66.2 Å². The van der Waals surface area contributed by atoms with Crippen molar-refractivity contribution >= 4 is 11.8 Å². The van der Waals surface area contributed by atoms with Crippen molar-refractivity contribution in [3.05, 3.63) is 0 Å². The fourth-order valence-corrected chi connectivity index (χ4v) is 3.47. The van der Waals surface area contributed by atoms with Crippen LogP contribution in [0, 0.1) is 5.92 Å². The summed E-state index contributed by atoms with van der Waals surface area (Å²) in [6, 6.07) is 0.0658. The number of fused-ring (bicyclic) bond motifs is 1. The fraction of sp³-hybridized carbons (Fsp3) is 0.875. The lowest BCUT2D eigenvalue weighted by atomic mass is 9.87. The van der Waals surface area contributed by atoms with Crippen LogP contribution in [-0.4, -0.2) is 34.3 Å². The van der Waals surface area contributed by atoms with Gasteiger partial charge in [-0.15, -0.1) is 0 Å². The maximum atomic E-state index is 12.5. The molecule has 1 aliphatic carbocycles. The predicted octanol–water partition coefficient (Wildman–Crippen LogP) is 2.47. The van der Waals surface area contributed by atoms with Crippen LogP contribution >= 0.6 is 0 Å². The van der Waals surface area contributed by atoms with Gasteiger partial charge in [0.2, 0.25) is 11.8 Å². The molecule has 0 aromatic carbocycles. The van der Waals surface area contributed by atoms with Crippen molar-refractivity contribution < 1.29 is 9.59 Å². The summed E-state index contributed by atoms with van der Waals surface area (Å²) < 4.78 is 0. The zero-order valence-corrected chi connectivity index (χ0v) is 13.2. The molecule has 3 atom stereocenters. The first-order valence-electron chi connectivity index (χ1n) is 7.99. The first-order chi connectivity index (χ1) is 9.35. The normalized spacial score (nSPS) is 27.0. The topological polar surface area (TPSA) is 49.4 Å². The molecule has 0 aromatic heterocycles. The van der Waals surface area contributed by atoms with Crippen LogP contribution in [0.2, 0.25) is 0 Å². The molecule has 1 N–H and O–H groups in total. The second kappa shape index (κ2) is 5.74. The van der Waals surface area contributed by atoms with Crippen LogP contribution in [-0.2, 0) is 9.59 Å². The molecule has 0 spiro atoms. The van der Waals surface area contributed by atoms with Crippen LogP contribution in [0.3, 0.4) is 0 Å². The van der Waals surface area contributed by atoms with Crippen LogP contribution in [0.4, 0.5) is 0 Å². The number of nitrogens with one attached hydrogen (secondary N) is 1. The van der Waals surface area contributed by atoms with Gasteiger partial charge in [0.15, 0.2) is 0 Å². The highest BCUT2D eigenvalue weighted by Crippen LogP contribution is 2.42. The molecule has 1 heterocycles. The lowest BCUT2D eigenvalue weighted by Crippen LogP contribution is -2.66. The van der Waals surface area contributed by atoms with E-state index < -0.39 is 0 Å².